The largest absolute Gasteiger partial charge is 0.411 e. The number of ether oxygens (including phenoxy) is 1. The molecule has 24 heavy (non-hydrogen) atoms. The zero-order chi connectivity index (χ0) is 17.6. The second kappa shape index (κ2) is 8.20. The number of nitrogens with zero attached hydrogens (tertiary/aromatic N) is 2. The molecular formula is C15H16F3N3O2S. The first kappa shape index (κ1) is 18.3. The Hall–Kier alpha value is -2.00. The highest BCUT2D eigenvalue weighted by atomic mass is 32.1. The van der Waals surface area contributed by atoms with Crippen molar-refractivity contribution in [3.8, 4) is 0 Å². The van der Waals surface area contributed by atoms with Gasteiger partial charge in [0.05, 0.1) is 12.3 Å². The van der Waals surface area contributed by atoms with Crippen LogP contribution in [0.4, 0.5) is 13.2 Å². The van der Waals surface area contributed by atoms with E-state index in [1.165, 1.54) is 0 Å². The Morgan fingerprint density at radius 3 is 2.54 bits per heavy atom. The summed E-state index contributed by atoms with van der Waals surface area (Å²) in [5.74, 6) is -0.237. The van der Waals surface area contributed by atoms with Crippen LogP contribution < -0.4 is 5.32 Å². The molecule has 0 atom stereocenters. The zero-order valence-corrected chi connectivity index (χ0v) is 13.7. The molecule has 0 saturated carbocycles. The van der Waals surface area contributed by atoms with Crippen molar-refractivity contribution in [1.82, 2.24) is 14.9 Å². The summed E-state index contributed by atoms with van der Waals surface area (Å²) >= 11 is 1.05. The summed E-state index contributed by atoms with van der Waals surface area (Å²) in [6.07, 6.45) is -3.70. The van der Waals surface area contributed by atoms with E-state index in [4.69, 9.17) is 0 Å². The average Bonchev–Trinajstić information content (AvgIpc) is 3.01. The van der Waals surface area contributed by atoms with Gasteiger partial charge in [0, 0.05) is 6.54 Å². The van der Waals surface area contributed by atoms with E-state index in [1.54, 1.807) is 24.3 Å². The van der Waals surface area contributed by atoms with Gasteiger partial charge in [-0.25, -0.2) is 0 Å². The standard InChI is InChI=1S/C15H16F3N3O2S/c1-2-12-13(24-21-20-12)14(22)19-7-10-3-5-11(6-4-10)8-23-9-15(16,17)18/h3-6H,2,7-9H2,1H3,(H,19,22). The normalized spacial score (nSPS) is 11.5. The molecule has 0 aliphatic carbocycles. The molecule has 0 aliphatic rings. The van der Waals surface area contributed by atoms with E-state index in [9.17, 15) is 18.0 Å². The second-order valence-electron chi connectivity index (χ2n) is 5.01. The summed E-state index contributed by atoms with van der Waals surface area (Å²) < 4.78 is 44.3. The number of carbonyl (C=O) groups excluding carboxylic acids is 1. The predicted octanol–water partition coefficient (Wildman–Crippen LogP) is 3.11. The molecule has 5 nitrogen and oxygen atoms in total. The van der Waals surface area contributed by atoms with Crippen molar-refractivity contribution >= 4 is 17.4 Å². The van der Waals surface area contributed by atoms with Crippen molar-refractivity contribution in [2.75, 3.05) is 6.61 Å². The highest BCUT2D eigenvalue weighted by Crippen LogP contribution is 2.16. The maximum absolute atomic E-state index is 12.1. The molecule has 0 unspecified atom stereocenters. The van der Waals surface area contributed by atoms with Crippen molar-refractivity contribution in [3.63, 3.8) is 0 Å². The zero-order valence-electron chi connectivity index (χ0n) is 12.9. The van der Waals surface area contributed by atoms with Crippen LogP contribution in [0.25, 0.3) is 0 Å². The molecule has 2 rings (SSSR count). The number of nitrogens with one attached hydrogen (secondary N) is 1. The number of benzene rings is 1. The van der Waals surface area contributed by atoms with E-state index in [0.717, 1.165) is 17.1 Å². The first-order valence-corrected chi connectivity index (χ1v) is 7.98. The van der Waals surface area contributed by atoms with E-state index < -0.39 is 12.8 Å². The number of aromatic nitrogens is 2. The molecule has 1 heterocycles. The summed E-state index contributed by atoms with van der Waals surface area (Å²) in [7, 11) is 0. The number of hydrogen-bond donors (Lipinski definition) is 1. The van der Waals surface area contributed by atoms with Crippen LogP contribution in [-0.4, -0.2) is 28.3 Å². The summed E-state index contributed by atoms with van der Waals surface area (Å²) in [6, 6.07) is 6.81. The topological polar surface area (TPSA) is 64.1 Å². The fourth-order valence-electron chi connectivity index (χ4n) is 1.91. The number of amides is 1. The fraction of sp³-hybridized carbons (Fsp3) is 0.400. The summed E-state index contributed by atoms with van der Waals surface area (Å²) in [4.78, 5) is 12.5. The Bertz CT molecular complexity index is 671. The highest BCUT2D eigenvalue weighted by molar-refractivity contribution is 7.08. The average molecular weight is 359 g/mol. The van der Waals surface area contributed by atoms with Crippen molar-refractivity contribution in [3.05, 3.63) is 46.0 Å². The third kappa shape index (κ3) is 5.57. The van der Waals surface area contributed by atoms with Gasteiger partial charge in [-0.3, -0.25) is 4.79 Å². The molecule has 9 heteroatoms. The van der Waals surface area contributed by atoms with Gasteiger partial charge in [0.2, 0.25) is 0 Å². The number of carbonyl (C=O) groups is 1. The molecule has 1 amide bonds. The van der Waals surface area contributed by atoms with Gasteiger partial charge in [0.1, 0.15) is 11.5 Å². The van der Waals surface area contributed by atoms with E-state index in [1.807, 2.05) is 6.92 Å². The number of hydrogen-bond acceptors (Lipinski definition) is 5. The summed E-state index contributed by atoms with van der Waals surface area (Å²) in [5.41, 5.74) is 2.13. The molecule has 2 aromatic rings. The van der Waals surface area contributed by atoms with Gasteiger partial charge >= 0.3 is 6.18 Å². The molecule has 0 radical (unpaired) electrons. The molecule has 0 fully saturated rings. The lowest BCUT2D eigenvalue weighted by Crippen LogP contribution is -2.22. The van der Waals surface area contributed by atoms with Crippen LogP contribution in [0.1, 0.15) is 33.4 Å². The Labute approximate surface area is 141 Å². The van der Waals surface area contributed by atoms with Crippen LogP contribution >= 0.6 is 11.5 Å². The van der Waals surface area contributed by atoms with E-state index >= 15 is 0 Å². The van der Waals surface area contributed by atoms with Crippen LogP contribution in [-0.2, 0) is 24.3 Å². The predicted molar refractivity (Wildman–Crippen MR) is 82.6 cm³/mol. The van der Waals surface area contributed by atoms with E-state index in [-0.39, 0.29) is 12.5 Å². The van der Waals surface area contributed by atoms with Gasteiger partial charge in [-0.1, -0.05) is 35.7 Å². The maximum Gasteiger partial charge on any atom is 0.411 e. The SMILES string of the molecule is CCc1nnsc1C(=O)NCc1ccc(COCC(F)(F)F)cc1. The monoisotopic (exact) mass is 359 g/mol. The number of aryl methyl sites for hydroxylation is 1. The maximum atomic E-state index is 12.1. The highest BCUT2D eigenvalue weighted by Gasteiger charge is 2.27. The molecule has 0 aliphatic heterocycles. The Morgan fingerprint density at radius 2 is 1.92 bits per heavy atom. The molecular weight excluding hydrogens is 343 g/mol. The number of rotatable bonds is 7. The van der Waals surface area contributed by atoms with Crippen molar-refractivity contribution in [2.24, 2.45) is 0 Å². The number of halogens is 3. The van der Waals surface area contributed by atoms with Gasteiger partial charge in [0.15, 0.2) is 0 Å². The van der Waals surface area contributed by atoms with Gasteiger partial charge in [-0.2, -0.15) is 13.2 Å². The fourth-order valence-corrected chi connectivity index (χ4v) is 2.58. The quantitative estimate of drug-likeness (QED) is 0.825. The van der Waals surface area contributed by atoms with Crippen molar-refractivity contribution < 1.29 is 22.7 Å². The van der Waals surface area contributed by atoms with Crippen LogP contribution in [0.15, 0.2) is 24.3 Å². The summed E-state index contributed by atoms with van der Waals surface area (Å²) in [5, 5.41) is 6.65. The summed E-state index contributed by atoms with van der Waals surface area (Å²) in [6.45, 7) is 0.822. The molecule has 0 saturated heterocycles. The first-order valence-electron chi connectivity index (χ1n) is 7.20. The molecule has 1 aromatic carbocycles. The second-order valence-corrected chi connectivity index (χ2v) is 5.76. The Morgan fingerprint density at radius 1 is 1.25 bits per heavy atom. The molecule has 0 spiro atoms. The molecule has 1 aromatic heterocycles. The van der Waals surface area contributed by atoms with Crippen LogP contribution in [0.2, 0.25) is 0 Å². The molecule has 0 bridgehead atoms. The van der Waals surface area contributed by atoms with Gasteiger partial charge < -0.3 is 10.1 Å². The molecule has 1 N–H and O–H groups in total. The third-order valence-corrected chi connectivity index (χ3v) is 3.87. The lowest BCUT2D eigenvalue weighted by Gasteiger charge is -2.08. The lowest BCUT2D eigenvalue weighted by molar-refractivity contribution is -0.176. The third-order valence-electron chi connectivity index (χ3n) is 3.11. The van der Waals surface area contributed by atoms with E-state index in [0.29, 0.717) is 29.1 Å². The Kier molecular flexibility index (Phi) is 6.27. The van der Waals surface area contributed by atoms with Crippen molar-refractivity contribution in [1.29, 1.82) is 0 Å². The molecule has 130 valence electrons. The minimum Gasteiger partial charge on any atom is -0.367 e. The van der Waals surface area contributed by atoms with Crippen molar-refractivity contribution in [2.45, 2.75) is 32.7 Å². The number of alkyl halides is 3. The first-order chi connectivity index (χ1) is 11.4. The minimum absolute atomic E-state index is 0.113. The van der Waals surface area contributed by atoms with E-state index in [2.05, 4.69) is 19.6 Å². The van der Waals surface area contributed by atoms with Gasteiger partial charge in [-0.15, -0.1) is 5.10 Å². The lowest BCUT2D eigenvalue weighted by atomic mass is 10.1. The smallest absolute Gasteiger partial charge is 0.367 e. The van der Waals surface area contributed by atoms with Crippen LogP contribution in [0.5, 0.6) is 0 Å². The van der Waals surface area contributed by atoms with Crippen LogP contribution in [0.3, 0.4) is 0 Å². The van der Waals surface area contributed by atoms with Crippen LogP contribution in [0, 0.1) is 0 Å². The Balaban J connectivity index is 1.82. The van der Waals surface area contributed by atoms with Gasteiger partial charge in [0.25, 0.3) is 5.91 Å². The minimum atomic E-state index is -4.33. The van der Waals surface area contributed by atoms with Gasteiger partial charge in [-0.05, 0) is 29.1 Å².